The molecule has 0 saturated carbocycles. The standard InChI is InChI=1S/C65H92N12O26S2.Eu.Gd/c78-54(79)33-72(9-11-74(35-56(82)83)36-57(84)85)31-48(76(39-60(90)91)40-61(92)93)27-44-1-5-46(6-2-44)66-64(104)68-50-29-52-53(103-22-17-71-15-20-100-24-23-98-18-13-70(16-21-102-52)14-19-99-25-26-101-43-71)30-51(50)69-65(105)67-47-7-3-45(4-8-47)28-49(77(41-62(94)95)42-63(96)97)32-73(34-55(80)81)10-12-75(37-58(86)87)38-59(88)89;;/h1-8,29-30,48-49H,9-28,31-43H2,(H,78,79)(H,80,81)(H,82,83)(H,84,85)(H,86,87)(H,88,89)(H,90,91)(H,92,93)(H,94,95)(H,96,97)(H2,66,68,104)(H2,67,69,105);;/q;2*+3. The Morgan fingerprint density at radius 1 is 0.374 bits per heavy atom. The quantitative estimate of drug-likeness (QED) is 0.0245. The minimum Gasteiger partial charge on any atom is -0.488 e. The molecule has 42 heteroatoms. The molecule has 1 radical (unpaired) electrons. The fourth-order valence-corrected chi connectivity index (χ4v) is 11.6. The van der Waals surface area contributed by atoms with E-state index in [0.717, 1.165) is 19.6 Å². The zero-order valence-electron chi connectivity index (χ0n) is 58.4. The van der Waals surface area contributed by atoms with Gasteiger partial charge in [0.15, 0.2) is 21.7 Å². The number of anilines is 4. The predicted molar refractivity (Wildman–Crippen MR) is 382 cm³/mol. The SMILES string of the molecule is O=C(O)CN(CCN(CC(=O)O)CC(Cc1ccc(NC(=S)Nc2cc3c(cc2NC(=S)Nc2ccc(CC(CN(CCN(CC(=O)O)CC(=O)O)CC(=O)O)N(CC(=O)O)CC(=O)O)cc2)OCCN2CCOCCOCCN(CCOCCOC2)CCO3)cc1)N(CC(=O)O)CC(=O)O)CC(=O)O.[Eu+3].[Gd+3]. The maximum absolute atomic E-state index is 12.2. The Kier molecular flexibility index (Phi) is 46.2. The third-order valence-electron chi connectivity index (χ3n) is 15.9. The number of fused-ring (bicyclic) bond motifs is 9. The van der Waals surface area contributed by atoms with Crippen LogP contribution in [-0.4, -0.2) is 376 Å². The topological polar surface area (TPSA) is 502 Å². The van der Waals surface area contributed by atoms with Crippen molar-refractivity contribution in [3.63, 3.8) is 0 Å². The Morgan fingerprint density at radius 2 is 0.654 bits per heavy atom. The molecule has 3 aromatic rings. The number of hydrogen-bond acceptors (Lipinski definition) is 26. The first-order valence-electron chi connectivity index (χ1n) is 33.1. The Balaban J connectivity index is 0.0000149. The number of thiocarbonyl (C=S) groups is 2. The van der Waals surface area contributed by atoms with Crippen molar-refractivity contribution in [2.75, 3.05) is 225 Å². The maximum atomic E-state index is 12.2. The van der Waals surface area contributed by atoms with Crippen LogP contribution in [0.25, 0.3) is 0 Å². The summed E-state index contributed by atoms with van der Waals surface area (Å²) in [6, 6.07) is 14.5. The molecule has 107 heavy (non-hydrogen) atoms. The van der Waals surface area contributed by atoms with Crippen molar-refractivity contribution in [3.8, 4) is 11.5 Å². The van der Waals surface area contributed by atoms with Crippen LogP contribution < -0.4 is 30.7 Å². The minimum absolute atomic E-state index is 0. The second-order valence-corrected chi connectivity index (χ2v) is 25.1. The van der Waals surface area contributed by atoms with Crippen LogP contribution in [0.5, 0.6) is 11.5 Å². The molecule has 5 rings (SSSR count). The molecule has 0 aliphatic carbocycles. The molecule has 0 aromatic heterocycles. The van der Waals surface area contributed by atoms with Gasteiger partial charge in [-0.15, -0.1) is 0 Å². The number of carbonyl (C=O) groups is 10. The van der Waals surface area contributed by atoms with E-state index in [1.165, 1.54) is 9.80 Å². The number of rotatable bonds is 40. The van der Waals surface area contributed by atoms with Crippen molar-refractivity contribution in [3.05, 3.63) is 71.8 Å². The molecular weight excluding hydrogens is 1740 g/mol. The first kappa shape index (κ1) is 95.0. The average Bonchev–Trinajstić information content (AvgIpc) is 0.948. The number of nitrogens with zero attached hydrogens (tertiary/aromatic N) is 8. The Morgan fingerprint density at radius 3 is 0.981 bits per heavy atom. The fraction of sp³-hybridized carbons (Fsp3) is 0.538. The van der Waals surface area contributed by atoms with Crippen molar-refractivity contribution in [1.29, 1.82) is 0 Å². The van der Waals surface area contributed by atoms with Crippen molar-refractivity contribution >= 4 is 117 Å². The third kappa shape index (κ3) is 40.9. The van der Waals surface area contributed by atoms with E-state index in [1.54, 1.807) is 60.7 Å². The van der Waals surface area contributed by atoms with Crippen LogP contribution in [0, 0.1) is 89.3 Å². The summed E-state index contributed by atoms with van der Waals surface area (Å²) in [7, 11) is 0. The van der Waals surface area contributed by atoms with Gasteiger partial charge in [0.05, 0.1) is 130 Å². The average molecular weight is 1830 g/mol. The van der Waals surface area contributed by atoms with Gasteiger partial charge in [-0.2, -0.15) is 0 Å². The van der Waals surface area contributed by atoms with Gasteiger partial charge in [0.2, 0.25) is 0 Å². The van der Waals surface area contributed by atoms with Crippen LogP contribution in [0.3, 0.4) is 0 Å². The normalized spacial score (nSPS) is 15.9. The summed E-state index contributed by atoms with van der Waals surface area (Å²) in [6.07, 6.45) is -0.0678. The van der Waals surface area contributed by atoms with Crippen LogP contribution >= 0.6 is 24.4 Å². The summed E-state index contributed by atoms with van der Waals surface area (Å²) in [5.74, 6) is -12.9. The van der Waals surface area contributed by atoms with E-state index in [4.69, 9.17) is 52.9 Å². The van der Waals surface area contributed by atoms with Crippen LogP contribution in [-0.2, 0) is 79.7 Å². The molecule has 1 fully saturated rings. The van der Waals surface area contributed by atoms with E-state index in [2.05, 4.69) is 26.2 Å². The zero-order chi connectivity index (χ0) is 76.8. The van der Waals surface area contributed by atoms with Gasteiger partial charge < -0.3 is 101 Å². The van der Waals surface area contributed by atoms with Crippen molar-refractivity contribution in [2.24, 2.45) is 0 Å². The van der Waals surface area contributed by atoms with Crippen molar-refractivity contribution in [2.45, 2.75) is 24.9 Å². The number of nitrogens with one attached hydrogen (secondary N) is 4. The Labute approximate surface area is 699 Å². The first-order chi connectivity index (χ1) is 50.0. The zero-order valence-corrected chi connectivity index (χ0v) is 64.7. The Bertz CT molecular complexity index is 3100. The molecule has 0 amide bonds. The van der Waals surface area contributed by atoms with Crippen LogP contribution in [0.15, 0.2) is 60.7 Å². The molecule has 3 aromatic carbocycles. The molecule has 1 saturated heterocycles. The van der Waals surface area contributed by atoms with E-state index in [9.17, 15) is 99.0 Å². The summed E-state index contributed by atoms with van der Waals surface area (Å²) >= 11 is 11.8. The van der Waals surface area contributed by atoms with Gasteiger partial charge in [-0.1, -0.05) is 24.3 Å². The van der Waals surface area contributed by atoms with Crippen LogP contribution in [0.1, 0.15) is 11.1 Å². The van der Waals surface area contributed by atoms with Crippen LogP contribution in [0.2, 0.25) is 0 Å². The van der Waals surface area contributed by atoms with E-state index >= 15 is 0 Å². The summed E-state index contributed by atoms with van der Waals surface area (Å²) in [6.45, 7) is -2.81. The van der Waals surface area contributed by atoms with Gasteiger partial charge in [-0.05, 0) is 72.7 Å². The maximum Gasteiger partial charge on any atom is 3.00 e. The molecule has 2 aliphatic heterocycles. The van der Waals surface area contributed by atoms with Gasteiger partial charge in [0, 0.05) is 108 Å². The number of ether oxygens (including phenoxy) is 6. The van der Waals surface area contributed by atoms with Gasteiger partial charge in [-0.3, -0.25) is 87.1 Å². The first-order valence-corrected chi connectivity index (χ1v) is 33.9. The fourth-order valence-electron chi connectivity index (χ4n) is 11.2. The monoisotopic (exact) mass is 1830 g/mol. The molecule has 4 unspecified atom stereocenters. The number of benzene rings is 3. The predicted octanol–water partition coefficient (Wildman–Crippen LogP) is -0.803. The summed E-state index contributed by atoms with van der Waals surface area (Å²) in [4.78, 5) is 130. The molecule has 14 N–H and O–H groups in total. The van der Waals surface area contributed by atoms with E-state index in [-0.39, 0.29) is 183 Å². The van der Waals surface area contributed by atoms with Gasteiger partial charge in [-0.25, -0.2) is 0 Å². The largest absolute Gasteiger partial charge is 3.00 e. The number of carboxylic acid groups (broad SMARTS) is 10. The van der Waals surface area contributed by atoms with Gasteiger partial charge in [0.1, 0.15) is 13.2 Å². The molecule has 2 heterocycles. The van der Waals surface area contributed by atoms with Gasteiger partial charge >= 0.3 is 149 Å². The van der Waals surface area contributed by atoms with Crippen LogP contribution in [0.4, 0.5) is 22.7 Å². The third-order valence-corrected chi connectivity index (χ3v) is 16.3. The molecule has 2 aliphatic rings. The molecule has 2 bridgehead atoms. The number of carboxylic acids is 10. The van der Waals surface area contributed by atoms with E-state index in [0.29, 0.717) is 113 Å². The van der Waals surface area contributed by atoms with E-state index < -0.39 is 137 Å². The Hall–Kier alpha value is -6.23. The molecular formula is C65H92EuGdN12O26S2+6. The molecule has 589 valence electrons. The van der Waals surface area contributed by atoms with Crippen molar-refractivity contribution < 1.29 is 217 Å². The molecule has 0 spiro atoms. The number of hydrogen-bond donors (Lipinski definition) is 14. The second-order valence-electron chi connectivity index (χ2n) is 24.3. The van der Waals surface area contributed by atoms with Gasteiger partial charge in [0.25, 0.3) is 0 Å². The summed E-state index contributed by atoms with van der Waals surface area (Å²) in [5, 5.41) is 110. The molecule has 4 atom stereocenters. The second kappa shape index (κ2) is 52.0. The summed E-state index contributed by atoms with van der Waals surface area (Å²) < 4.78 is 36.8. The molecule has 38 nitrogen and oxygen atoms in total. The number of aliphatic carboxylic acids is 10. The minimum atomic E-state index is -1.38. The van der Waals surface area contributed by atoms with Crippen molar-refractivity contribution in [1.82, 2.24) is 39.2 Å². The van der Waals surface area contributed by atoms with E-state index in [1.807, 2.05) is 4.90 Å². The smallest absolute Gasteiger partial charge is 0.488 e. The summed E-state index contributed by atoms with van der Waals surface area (Å²) in [5.41, 5.74) is 2.52.